The van der Waals surface area contributed by atoms with E-state index >= 15 is 0 Å². The zero-order valence-electron chi connectivity index (χ0n) is 22.9. The number of aryl methyl sites for hydroxylation is 1. The molecule has 0 fully saturated rings. The van der Waals surface area contributed by atoms with Gasteiger partial charge in [0.25, 0.3) is 10.1 Å². The summed E-state index contributed by atoms with van der Waals surface area (Å²) < 4.78 is 52.8. The average molecular weight is 584 g/mol. The van der Waals surface area contributed by atoms with Gasteiger partial charge in [0.2, 0.25) is 0 Å². The lowest BCUT2D eigenvalue weighted by Crippen LogP contribution is -2.14. The van der Waals surface area contributed by atoms with Gasteiger partial charge in [-0.25, -0.2) is 0 Å². The molecular formula is C28H33N5O7S. The fourth-order valence-electron chi connectivity index (χ4n) is 3.77. The van der Waals surface area contributed by atoms with Gasteiger partial charge in [-0.1, -0.05) is 29.8 Å². The first-order chi connectivity index (χ1) is 19.9. The van der Waals surface area contributed by atoms with Crippen molar-refractivity contribution in [1.82, 2.24) is 20.0 Å². The van der Waals surface area contributed by atoms with Crippen LogP contribution in [-0.2, 0) is 35.1 Å². The van der Waals surface area contributed by atoms with Crippen molar-refractivity contribution in [2.24, 2.45) is 0 Å². The third kappa shape index (κ3) is 8.55. The van der Waals surface area contributed by atoms with Crippen molar-refractivity contribution in [2.75, 3.05) is 52.7 Å². The van der Waals surface area contributed by atoms with E-state index < -0.39 is 10.1 Å². The van der Waals surface area contributed by atoms with Gasteiger partial charge in [-0.2, -0.15) is 13.5 Å². The van der Waals surface area contributed by atoms with Gasteiger partial charge < -0.3 is 24.7 Å². The molecule has 0 aliphatic rings. The van der Waals surface area contributed by atoms with E-state index in [1.54, 1.807) is 30.1 Å². The quantitative estimate of drug-likeness (QED) is 0.118. The molecule has 0 unspecified atom stereocenters. The maximum Gasteiger partial charge on any atom is 0.297 e. The highest BCUT2D eigenvalue weighted by molar-refractivity contribution is 7.86. The maximum atomic E-state index is 12.2. The summed E-state index contributed by atoms with van der Waals surface area (Å²) in [5.41, 5.74) is 9.96. The molecule has 13 heteroatoms. The van der Waals surface area contributed by atoms with Gasteiger partial charge in [-0.05, 0) is 37.3 Å². The van der Waals surface area contributed by atoms with Crippen LogP contribution in [0.15, 0.2) is 71.9 Å². The molecule has 0 saturated heterocycles. The second-order valence-corrected chi connectivity index (χ2v) is 10.5. The number of benzene rings is 2. The first kappa shape index (κ1) is 30.1. The molecule has 0 atom stereocenters. The van der Waals surface area contributed by atoms with Gasteiger partial charge in [-0.15, -0.1) is 10.2 Å². The molecule has 0 aliphatic heterocycles. The lowest BCUT2D eigenvalue weighted by molar-refractivity contribution is 0.0341. The molecule has 0 spiro atoms. The van der Waals surface area contributed by atoms with E-state index in [1.807, 2.05) is 43.5 Å². The first-order valence-corrected chi connectivity index (χ1v) is 14.3. The average Bonchev–Trinajstić information content (AvgIpc) is 3.44. The number of para-hydroxylation sites is 1. The molecule has 41 heavy (non-hydrogen) atoms. The molecule has 2 heterocycles. The van der Waals surface area contributed by atoms with Crippen LogP contribution in [-0.4, -0.2) is 75.3 Å². The molecule has 2 aromatic carbocycles. The van der Waals surface area contributed by atoms with Crippen LogP contribution in [0.3, 0.4) is 0 Å². The zero-order chi connectivity index (χ0) is 29.1. The summed E-state index contributed by atoms with van der Waals surface area (Å²) in [6.45, 7) is 3.60. The number of rotatable bonds is 16. The SMILES string of the molecule is COCOc1ccccc1-c1cc(-c2cnn(CCOCCOCCOS(=O)(=O)c3ccc(C)cc3)c2)c(N)nn1. The molecular weight excluding hydrogens is 550 g/mol. The van der Waals surface area contributed by atoms with Crippen molar-refractivity contribution in [1.29, 1.82) is 0 Å². The van der Waals surface area contributed by atoms with E-state index in [0.29, 0.717) is 43.4 Å². The number of hydrogen-bond acceptors (Lipinski definition) is 11. The summed E-state index contributed by atoms with van der Waals surface area (Å²) >= 11 is 0. The number of aromatic nitrogens is 4. The van der Waals surface area contributed by atoms with E-state index in [1.165, 1.54) is 12.1 Å². The van der Waals surface area contributed by atoms with E-state index in [4.69, 9.17) is 28.9 Å². The fourth-order valence-corrected chi connectivity index (χ4v) is 4.66. The lowest BCUT2D eigenvalue weighted by Gasteiger charge is -2.11. The summed E-state index contributed by atoms with van der Waals surface area (Å²) in [6, 6.07) is 15.8. The molecule has 0 bridgehead atoms. The Morgan fingerprint density at radius 3 is 2.41 bits per heavy atom. The smallest absolute Gasteiger partial charge is 0.297 e. The van der Waals surface area contributed by atoms with E-state index in [0.717, 1.165) is 16.7 Å². The zero-order valence-corrected chi connectivity index (χ0v) is 23.7. The van der Waals surface area contributed by atoms with Gasteiger partial charge in [0.15, 0.2) is 12.6 Å². The molecule has 0 aliphatic carbocycles. The number of nitrogen functional groups attached to an aromatic ring is 1. The minimum atomic E-state index is -3.80. The van der Waals surface area contributed by atoms with Crippen molar-refractivity contribution in [3.8, 4) is 28.1 Å². The van der Waals surface area contributed by atoms with Crippen LogP contribution in [0.4, 0.5) is 5.82 Å². The Balaban J connectivity index is 1.20. The maximum absolute atomic E-state index is 12.2. The minimum absolute atomic E-state index is 0.0766. The summed E-state index contributed by atoms with van der Waals surface area (Å²) in [6.07, 6.45) is 3.56. The second-order valence-electron chi connectivity index (χ2n) is 8.88. The van der Waals surface area contributed by atoms with E-state index in [9.17, 15) is 8.42 Å². The van der Waals surface area contributed by atoms with E-state index in [-0.39, 0.29) is 30.7 Å². The molecule has 4 rings (SSSR count). The Labute approximate surface area is 239 Å². The predicted molar refractivity (Wildman–Crippen MR) is 152 cm³/mol. The number of hydrogen-bond donors (Lipinski definition) is 1. The van der Waals surface area contributed by atoms with Crippen molar-refractivity contribution in [3.63, 3.8) is 0 Å². The molecule has 12 nitrogen and oxygen atoms in total. The van der Waals surface area contributed by atoms with Crippen LogP contribution in [0.5, 0.6) is 5.75 Å². The number of nitrogens with two attached hydrogens (primary N) is 1. The number of nitrogens with zero attached hydrogens (tertiary/aromatic N) is 4. The van der Waals surface area contributed by atoms with Gasteiger partial charge >= 0.3 is 0 Å². The molecule has 0 saturated carbocycles. The van der Waals surface area contributed by atoms with Crippen LogP contribution in [0, 0.1) is 6.92 Å². The predicted octanol–water partition coefficient (Wildman–Crippen LogP) is 3.32. The topological polar surface area (TPSA) is 150 Å². The number of ether oxygens (including phenoxy) is 4. The lowest BCUT2D eigenvalue weighted by atomic mass is 10.1. The monoisotopic (exact) mass is 583 g/mol. The number of methoxy groups -OCH3 is 1. The minimum Gasteiger partial charge on any atom is -0.467 e. The largest absolute Gasteiger partial charge is 0.467 e. The van der Waals surface area contributed by atoms with E-state index in [2.05, 4.69) is 15.3 Å². The second kappa shape index (κ2) is 14.7. The highest BCUT2D eigenvalue weighted by Gasteiger charge is 2.15. The summed E-state index contributed by atoms with van der Waals surface area (Å²) in [5.74, 6) is 0.906. The van der Waals surface area contributed by atoms with Crippen molar-refractivity contribution < 1.29 is 31.5 Å². The first-order valence-electron chi connectivity index (χ1n) is 12.9. The van der Waals surface area contributed by atoms with Gasteiger partial charge in [0.1, 0.15) is 5.75 Å². The molecule has 4 aromatic rings. The van der Waals surface area contributed by atoms with Crippen LogP contribution in [0.2, 0.25) is 0 Å². The Kier molecular flexibility index (Phi) is 10.8. The third-order valence-corrected chi connectivity index (χ3v) is 7.20. The molecule has 2 aromatic heterocycles. The van der Waals surface area contributed by atoms with Crippen molar-refractivity contribution in [3.05, 3.63) is 72.6 Å². The Bertz CT molecular complexity index is 1510. The molecule has 2 N–H and O–H groups in total. The Hall–Kier alpha value is -3.88. The summed E-state index contributed by atoms with van der Waals surface area (Å²) in [7, 11) is -2.24. The highest BCUT2D eigenvalue weighted by atomic mass is 32.2. The highest BCUT2D eigenvalue weighted by Crippen LogP contribution is 2.32. The summed E-state index contributed by atoms with van der Waals surface area (Å²) in [4.78, 5) is 0.120. The Morgan fingerprint density at radius 2 is 1.63 bits per heavy atom. The fraction of sp³-hybridized carbons (Fsp3) is 0.321. The molecule has 218 valence electrons. The van der Waals surface area contributed by atoms with Crippen LogP contribution < -0.4 is 10.5 Å². The Morgan fingerprint density at radius 1 is 0.902 bits per heavy atom. The van der Waals surface area contributed by atoms with Gasteiger partial charge in [-0.3, -0.25) is 8.86 Å². The van der Waals surface area contributed by atoms with Crippen LogP contribution in [0.1, 0.15) is 5.56 Å². The van der Waals surface area contributed by atoms with Crippen LogP contribution >= 0.6 is 0 Å². The standard InChI is InChI=1S/C28H33N5O7S/c1-21-7-9-23(10-8-21)41(34,35)40-16-15-38-14-13-37-12-11-33-19-22(18-30-33)25-17-26(31-32-28(25)29)24-5-3-4-6-27(24)39-20-36-2/h3-10,17-19H,11-16,20H2,1-2H3,(H2,29,32). The van der Waals surface area contributed by atoms with Crippen molar-refractivity contribution >= 4 is 15.9 Å². The number of anilines is 1. The van der Waals surface area contributed by atoms with Gasteiger partial charge in [0.05, 0.1) is 56.4 Å². The normalized spacial score (nSPS) is 11.6. The summed E-state index contributed by atoms with van der Waals surface area (Å²) in [5, 5.41) is 12.8. The third-order valence-electron chi connectivity index (χ3n) is 5.87. The van der Waals surface area contributed by atoms with Crippen LogP contribution in [0.25, 0.3) is 22.4 Å². The molecule has 0 amide bonds. The van der Waals surface area contributed by atoms with Gasteiger partial charge in [0, 0.05) is 30.0 Å². The van der Waals surface area contributed by atoms with Crippen molar-refractivity contribution in [2.45, 2.75) is 18.4 Å². The molecule has 0 radical (unpaired) electrons.